The first-order chi connectivity index (χ1) is 12.1. The zero-order chi connectivity index (χ0) is 17.8. The molecule has 0 saturated carbocycles. The van der Waals surface area contributed by atoms with Crippen molar-refractivity contribution in [1.29, 1.82) is 0 Å². The second-order valence-electron chi connectivity index (χ2n) is 6.05. The van der Waals surface area contributed by atoms with E-state index >= 15 is 0 Å². The minimum Gasteiger partial charge on any atom is -0.478 e. The van der Waals surface area contributed by atoms with Gasteiger partial charge in [0.05, 0.1) is 16.9 Å². The summed E-state index contributed by atoms with van der Waals surface area (Å²) in [7, 11) is 2.08. The van der Waals surface area contributed by atoms with E-state index in [0.717, 1.165) is 23.5 Å². The molecule has 0 aliphatic rings. The highest BCUT2D eigenvalue weighted by molar-refractivity contribution is 6.00. The monoisotopic (exact) mass is 334 g/mol. The summed E-state index contributed by atoms with van der Waals surface area (Å²) in [6.07, 6.45) is 0. The fraction of sp³-hybridized carbons (Fsp3) is 0.190. The van der Waals surface area contributed by atoms with Crippen LogP contribution in [0.2, 0.25) is 0 Å². The van der Waals surface area contributed by atoms with Gasteiger partial charge in [0, 0.05) is 25.5 Å². The van der Waals surface area contributed by atoms with Gasteiger partial charge in [0.2, 0.25) is 0 Å². The Labute approximate surface area is 147 Å². The molecule has 0 aromatic heterocycles. The zero-order valence-corrected chi connectivity index (χ0v) is 14.5. The summed E-state index contributed by atoms with van der Waals surface area (Å²) >= 11 is 0. The Bertz CT molecular complexity index is 888. The summed E-state index contributed by atoms with van der Waals surface area (Å²) in [4.78, 5) is 13.2. The molecule has 0 unspecified atom stereocenters. The summed E-state index contributed by atoms with van der Waals surface area (Å²) in [5.41, 5.74) is 3.61. The smallest absolute Gasteiger partial charge is 0.335 e. The van der Waals surface area contributed by atoms with Crippen LogP contribution in [0.15, 0.2) is 60.7 Å². The summed E-state index contributed by atoms with van der Waals surface area (Å²) in [6, 6.07) is 19.6. The molecule has 3 rings (SSSR count). The lowest BCUT2D eigenvalue weighted by atomic mass is 10.1. The lowest BCUT2D eigenvalue weighted by Crippen LogP contribution is -2.18. The van der Waals surface area contributed by atoms with Crippen LogP contribution >= 0.6 is 0 Å². The molecule has 0 atom stereocenters. The van der Waals surface area contributed by atoms with Crippen LogP contribution in [0.4, 0.5) is 11.4 Å². The molecule has 3 aromatic rings. The summed E-state index contributed by atoms with van der Waals surface area (Å²) < 4.78 is 0. The molecule has 0 radical (unpaired) electrons. The molecule has 0 aliphatic carbocycles. The number of carboxylic acid groups (broad SMARTS) is 1. The predicted molar refractivity (Wildman–Crippen MR) is 104 cm³/mol. The number of benzene rings is 3. The standard InChI is InChI=1S/C21H22N2O2/c1-3-23(2)19-13-12-16-6-4-5-7-18(16)20(19)22-14-15-8-10-17(11-9-15)21(24)25/h4-13,22H,3,14H2,1-2H3,(H,24,25). The van der Waals surface area contributed by atoms with E-state index < -0.39 is 5.97 Å². The lowest BCUT2D eigenvalue weighted by Gasteiger charge is -2.23. The van der Waals surface area contributed by atoms with E-state index in [0.29, 0.717) is 12.1 Å². The molecule has 0 saturated heterocycles. The van der Waals surface area contributed by atoms with Gasteiger partial charge in [-0.2, -0.15) is 0 Å². The van der Waals surface area contributed by atoms with Gasteiger partial charge < -0.3 is 15.3 Å². The van der Waals surface area contributed by atoms with Gasteiger partial charge in [0.25, 0.3) is 0 Å². The molecule has 0 spiro atoms. The average Bonchev–Trinajstić information content (AvgIpc) is 2.65. The third kappa shape index (κ3) is 3.58. The zero-order valence-electron chi connectivity index (χ0n) is 14.5. The first-order valence-corrected chi connectivity index (χ1v) is 8.39. The fourth-order valence-corrected chi connectivity index (χ4v) is 2.89. The maximum absolute atomic E-state index is 11.0. The first kappa shape index (κ1) is 16.8. The Hall–Kier alpha value is -3.01. The van der Waals surface area contributed by atoms with Crippen LogP contribution in [0.3, 0.4) is 0 Å². The van der Waals surface area contributed by atoms with Gasteiger partial charge in [0.15, 0.2) is 0 Å². The molecule has 128 valence electrons. The van der Waals surface area contributed by atoms with Crippen molar-refractivity contribution in [1.82, 2.24) is 0 Å². The molecule has 2 N–H and O–H groups in total. The van der Waals surface area contributed by atoms with Gasteiger partial charge in [-0.1, -0.05) is 42.5 Å². The Morgan fingerprint density at radius 2 is 1.76 bits per heavy atom. The topological polar surface area (TPSA) is 52.6 Å². The van der Waals surface area contributed by atoms with Gasteiger partial charge in [-0.25, -0.2) is 4.79 Å². The van der Waals surface area contributed by atoms with Gasteiger partial charge >= 0.3 is 5.97 Å². The normalized spacial score (nSPS) is 10.6. The molecular weight excluding hydrogens is 312 g/mol. The third-order valence-corrected chi connectivity index (χ3v) is 4.46. The predicted octanol–water partition coefficient (Wildman–Crippen LogP) is 4.61. The number of carboxylic acids is 1. The Kier molecular flexibility index (Phi) is 4.89. The fourth-order valence-electron chi connectivity index (χ4n) is 2.89. The van der Waals surface area contributed by atoms with Crippen LogP contribution in [-0.4, -0.2) is 24.7 Å². The quantitative estimate of drug-likeness (QED) is 0.691. The maximum atomic E-state index is 11.0. The molecule has 3 aromatic carbocycles. The van der Waals surface area contributed by atoms with Crippen molar-refractivity contribution in [2.45, 2.75) is 13.5 Å². The van der Waals surface area contributed by atoms with Crippen LogP contribution in [-0.2, 0) is 6.54 Å². The Balaban J connectivity index is 1.92. The van der Waals surface area contributed by atoms with Crippen LogP contribution in [0.5, 0.6) is 0 Å². The minimum absolute atomic E-state index is 0.306. The van der Waals surface area contributed by atoms with Gasteiger partial charge in [0.1, 0.15) is 0 Å². The Morgan fingerprint density at radius 1 is 1.04 bits per heavy atom. The summed E-state index contributed by atoms with van der Waals surface area (Å²) in [6.45, 7) is 3.68. The molecule has 0 amide bonds. The summed E-state index contributed by atoms with van der Waals surface area (Å²) in [5, 5.41) is 14.9. The van der Waals surface area contributed by atoms with Gasteiger partial charge in [-0.05, 0) is 36.1 Å². The number of hydrogen-bond donors (Lipinski definition) is 2. The van der Waals surface area contributed by atoms with Crippen LogP contribution in [0, 0.1) is 0 Å². The van der Waals surface area contributed by atoms with Crippen molar-refractivity contribution in [3.05, 3.63) is 71.8 Å². The third-order valence-electron chi connectivity index (χ3n) is 4.46. The van der Waals surface area contributed by atoms with E-state index in [1.807, 2.05) is 24.3 Å². The van der Waals surface area contributed by atoms with Gasteiger partial charge in [-0.3, -0.25) is 0 Å². The number of nitrogens with zero attached hydrogens (tertiary/aromatic N) is 1. The van der Waals surface area contributed by atoms with E-state index in [1.165, 1.54) is 10.8 Å². The molecule has 0 aliphatic heterocycles. The average molecular weight is 334 g/mol. The number of carbonyl (C=O) groups is 1. The molecular formula is C21H22N2O2. The van der Waals surface area contributed by atoms with E-state index in [-0.39, 0.29) is 0 Å². The van der Waals surface area contributed by atoms with Crippen molar-refractivity contribution in [3.63, 3.8) is 0 Å². The van der Waals surface area contributed by atoms with Crippen molar-refractivity contribution < 1.29 is 9.90 Å². The van der Waals surface area contributed by atoms with Crippen molar-refractivity contribution in [3.8, 4) is 0 Å². The number of fused-ring (bicyclic) bond motifs is 1. The highest BCUT2D eigenvalue weighted by Gasteiger charge is 2.10. The number of nitrogens with one attached hydrogen (secondary N) is 1. The molecule has 4 heteroatoms. The Morgan fingerprint density at radius 3 is 2.44 bits per heavy atom. The molecule has 25 heavy (non-hydrogen) atoms. The summed E-state index contributed by atoms with van der Waals surface area (Å²) in [5.74, 6) is -0.902. The lowest BCUT2D eigenvalue weighted by molar-refractivity contribution is 0.0697. The second kappa shape index (κ2) is 7.26. The largest absolute Gasteiger partial charge is 0.478 e. The highest BCUT2D eigenvalue weighted by Crippen LogP contribution is 2.33. The van der Waals surface area contributed by atoms with Crippen LogP contribution in [0.1, 0.15) is 22.8 Å². The van der Waals surface area contributed by atoms with Gasteiger partial charge in [-0.15, -0.1) is 0 Å². The van der Waals surface area contributed by atoms with E-state index in [9.17, 15) is 4.79 Å². The number of rotatable bonds is 6. The number of hydrogen-bond acceptors (Lipinski definition) is 3. The number of anilines is 2. The first-order valence-electron chi connectivity index (χ1n) is 8.39. The highest BCUT2D eigenvalue weighted by atomic mass is 16.4. The van der Waals surface area contributed by atoms with E-state index in [1.54, 1.807) is 12.1 Å². The second-order valence-corrected chi connectivity index (χ2v) is 6.05. The van der Waals surface area contributed by atoms with Crippen molar-refractivity contribution in [2.24, 2.45) is 0 Å². The van der Waals surface area contributed by atoms with Crippen LogP contribution < -0.4 is 10.2 Å². The van der Waals surface area contributed by atoms with Crippen molar-refractivity contribution >= 4 is 28.1 Å². The maximum Gasteiger partial charge on any atom is 0.335 e. The number of aromatic carboxylic acids is 1. The molecule has 4 nitrogen and oxygen atoms in total. The van der Waals surface area contributed by atoms with E-state index in [4.69, 9.17) is 5.11 Å². The van der Waals surface area contributed by atoms with Crippen molar-refractivity contribution in [2.75, 3.05) is 23.8 Å². The minimum atomic E-state index is -0.902. The molecule has 0 heterocycles. The van der Waals surface area contributed by atoms with E-state index in [2.05, 4.69) is 48.5 Å². The molecule has 0 bridgehead atoms. The molecule has 0 fully saturated rings. The van der Waals surface area contributed by atoms with Crippen LogP contribution in [0.25, 0.3) is 10.8 Å². The SMILES string of the molecule is CCN(C)c1ccc2ccccc2c1NCc1ccc(C(=O)O)cc1.